The lowest BCUT2D eigenvalue weighted by molar-refractivity contribution is -0.116. The standard InChI is InChI=1S/C19H22N2O2/c1-2-23-16-9-7-15(8-10-16)21-19(22)13-18-17-6-4-3-5-14(17)11-12-20-18/h3-10,18,20H,2,11-13H2,1H3,(H,21,22). The van der Waals surface area contributed by atoms with Crippen LogP contribution in [0.5, 0.6) is 5.75 Å². The van der Waals surface area contributed by atoms with E-state index in [1.807, 2.05) is 37.3 Å². The van der Waals surface area contributed by atoms with E-state index in [9.17, 15) is 4.79 Å². The van der Waals surface area contributed by atoms with E-state index in [4.69, 9.17) is 4.74 Å². The molecule has 23 heavy (non-hydrogen) atoms. The smallest absolute Gasteiger partial charge is 0.226 e. The third kappa shape index (κ3) is 3.90. The molecule has 0 bridgehead atoms. The number of ether oxygens (including phenoxy) is 1. The number of hydrogen-bond donors (Lipinski definition) is 2. The molecule has 1 aliphatic heterocycles. The second-order valence-electron chi connectivity index (χ2n) is 5.67. The second kappa shape index (κ2) is 7.29. The largest absolute Gasteiger partial charge is 0.494 e. The molecule has 0 aliphatic carbocycles. The molecule has 0 aromatic heterocycles. The molecule has 2 N–H and O–H groups in total. The van der Waals surface area contributed by atoms with Gasteiger partial charge < -0.3 is 15.4 Å². The van der Waals surface area contributed by atoms with E-state index in [2.05, 4.69) is 28.8 Å². The van der Waals surface area contributed by atoms with Crippen molar-refractivity contribution in [3.63, 3.8) is 0 Å². The van der Waals surface area contributed by atoms with Crippen LogP contribution in [0.3, 0.4) is 0 Å². The molecule has 0 fully saturated rings. The van der Waals surface area contributed by atoms with Gasteiger partial charge in [0.2, 0.25) is 5.91 Å². The summed E-state index contributed by atoms with van der Waals surface area (Å²) in [5.74, 6) is 0.830. The van der Waals surface area contributed by atoms with Crippen molar-refractivity contribution in [3.05, 3.63) is 59.7 Å². The van der Waals surface area contributed by atoms with E-state index in [1.165, 1.54) is 11.1 Å². The lowest BCUT2D eigenvalue weighted by atomic mass is 9.92. The third-order valence-electron chi connectivity index (χ3n) is 4.05. The highest BCUT2D eigenvalue weighted by molar-refractivity contribution is 5.91. The van der Waals surface area contributed by atoms with Crippen LogP contribution < -0.4 is 15.4 Å². The van der Waals surface area contributed by atoms with Crippen molar-refractivity contribution in [1.29, 1.82) is 0 Å². The quantitative estimate of drug-likeness (QED) is 0.891. The minimum Gasteiger partial charge on any atom is -0.494 e. The van der Waals surface area contributed by atoms with Crippen LogP contribution in [0.4, 0.5) is 5.69 Å². The van der Waals surface area contributed by atoms with Crippen LogP contribution in [0.1, 0.15) is 30.5 Å². The summed E-state index contributed by atoms with van der Waals surface area (Å²) >= 11 is 0. The first-order valence-corrected chi connectivity index (χ1v) is 8.10. The van der Waals surface area contributed by atoms with E-state index < -0.39 is 0 Å². The molecule has 0 saturated heterocycles. The molecule has 0 spiro atoms. The molecular weight excluding hydrogens is 288 g/mol. The Morgan fingerprint density at radius 3 is 2.78 bits per heavy atom. The Morgan fingerprint density at radius 2 is 2.00 bits per heavy atom. The van der Waals surface area contributed by atoms with Gasteiger partial charge in [-0.1, -0.05) is 24.3 Å². The highest BCUT2D eigenvalue weighted by Crippen LogP contribution is 2.25. The number of benzene rings is 2. The fourth-order valence-corrected chi connectivity index (χ4v) is 2.97. The van der Waals surface area contributed by atoms with E-state index >= 15 is 0 Å². The number of carbonyl (C=O) groups excluding carboxylic acids is 1. The summed E-state index contributed by atoms with van der Waals surface area (Å²) in [5.41, 5.74) is 3.37. The highest BCUT2D eigenvalue weighted by Gasteiger charge is 2.21. The number of hydrogen-bond acceptors (Lipinski definition) is 3. The van der Waals surface area contributed by atoms with Gasteiger partial charge in [-0.3, -0.25) is 4.79 Å². The fraction of sp³-hybridized carbons (Fsp3) is 0.316. The second-order valence-corrected chi connectivity index (χ2v) is 5.67. The summed E-state index contributed by atoms with van der Waals surface area (Å²) in [4.78, 5) is 12.3. The van der Waals surface area contributed by atoms with Crippen molar-refractivity contribution >= 4 is 11.6 Å². The maximum atomic E-state index is 12.3. The number of carbonyl (C=O) groups is 1. The van der Waals surface area contributed by atoms with Gasteiger partial charge in [0.15, 0.2) is 0 Å². The number of amides is 1. The van der Waals surface area contributed by atoms with E-state index in [0.29, 0.717) is 13.0 Å². The van der Waals surface area contributed by atoms with Gasteiger partial charge in [0.1, 0.15) is 5.75 Å². The van der Waals surface area contributed by atoms with Gasteiger partial charge in [-0.15, -0.1) is 0 Å². The van der Waals surface area contributed by atoms with E-state index in [-0.39, 0.29) is 11.9 Å². The van der Waals surface area contributed by atoms with Crippen LogP contribution in [0.15, 0.2) is 48.5 Å². The van der Waals surface area contributed by atoms with Gasteiger partial charge in [-0.2, -0.15) is 0 Å². The predicted molar refractivity (Wildman–Crippen MR) is 91.7 cm³/mol. The Kier molecular flexibility index (Phi) is 4.93. The zero-order valence-electron chi connectivity index (χ0n) is 13.3. The van der Waals surface area contributed by atoms with Crippen LogP contribution in [0.25, 0.3) is 0 Å². The lowest BCUT2D eigenvalue weighted by Gasteiger charge is -2.26. The Bertz CT molecular complexity index is 667. The van der Waals surface area contributed by atoms with E-state index in [0.717, 1.165) is 24.4 Å². The van der Waals surface area contributed by atoms with E-state index in [1.54, 1.807) is 0 Å². The van der Waals surface area contributed by atoms with Crippen molar-refractivity contribution in [2.45, 2.75) is 25.8 Å². The third-order valence-corrected chi connectivity index (χ3v) is 4.05. The first-order chi connectivity index (χ1) is 11.3. The van der Waals surface area contributed by atoms with Crippen LogP contribution in [0.2, 0.25) is 0 Å². The van der Waals surface area contributed by atoms with Crippen LogP contribution >= 0.6 is 0 Å². The SMILES string of the molecule is CCOc1ccc(NC(=O)CC2NCCc3ccccc32)cc1. The highest BCUT2D eigenvalue weighted by atomic mass is 16.5. The average molecular weight is 310 g/mol. The maximum Gasteiger partial charge on any atom is 0.226 e. The van der Waals surface area contributed by atoms with Crippen LogP contribution in [-0.4, -0.2) is 19.1 Å². The van der Waals surface area contributed by atoms with Crippen molar-refractivity contribution < 1.29 is 9.53 Å². The minimum absolute atomic E-state index is 0.0170. The molecule has 2 aromatic carbocycles. The summed E-state index contributed by atoms with van der Waals surface area (Å²) in [6, 6.07) is 15.9. The average Bonchev–Trinajstić information content (AvgIpc) is 2.57. The van der Waals surface area contributed by atoms with Gasteiger partial charge in [0, 0.05) is 18.2 Å². The number of nitrogens with one attached hydrogen (secondary N) is 2. The summed E-state index contributed by atoms with van der Waals surface area (Å²) in [7, 11) is 0. The van der Waals surface area contributed by atoms with Gasteiger partial charge in [-0.25, -0.2) is 0 Å². The van der Waals surface area contributed by atoms with Crippen LogP contribution in [-0.2, 0) is 11.2 Å². The fourth-order valence-electron chi connectivity index (χ4n) is 2.97. The number of anilines is 1. The Balaban J connectivity index is 1.62. The molecule has 0 saturated carbocycles. The topological polar surface area (TPSA) is 50.4 Å². The molecule has 1 heterocycles. The van der Waals surface area contributed by atoms with Gasteiger partial charge >= 0.3 is 0 Å². The molecule has 3 rings (SSSR count). The van der Waals surface area contributed by atoms with Crippen molar-refractivity contribution in [1.82, 2.24) is 5.32 Å². The van der Waals surface area contributed by atoms with Crippen molar-refractivity contribution in [2.75, 3.05) is 18.5 Å². The zero-order valence-corrected chi connectivity index (χ0v) is 13.3. The van der Waals surface area contributed by atoms with Gasteiger partial charge in [0.25, 0.3) is 0 Å². The first-order valence-electron chi connectivity index (χ1n) is 8.10. The van der Waals surface area contributed by atoms with Crippen LogP contribution in [0, 0.1) is 0 Å². The molecule has 4 heteroatoms. The maximum absolute atomic E-state index is 12.3. The normalized spacial score (nSPS) is 16.5. The summed E-state index contributed by atoms with van der Waals surface area (Å²) in [6.07, 6.45) is 1.46. The lowest BCUT2D eigenvalue weighted by Crippen LogP contribution is -2.32. The molecular formula is C19H22N2O2. The molecule has 1 unspecified atom stereocenters. The number of rotatable bonds is 5. The van der Waals surface area contributed by atoms with Crippen molar-refractivity contribution in [3.8, 4) is 5.75 Å². The molecule has 1 atom stereocenters. The summed E-state index contributed by atoms with van der Waals surface area (Å²) in [6.45, 7) is 3.50. The minimum atomic E-state index is 0.0170. The van der Waals surface area contributed by atoms with Crippen molar-refractivity contribution in [2.24, 2.45) is 0 Å². The Hall–Kier alpha value is -2.33. The Morgan fingerprint density at radius 1 is 1.22 bits per heavy atom. The number of fused-ring (bicyclic) bond motifs is 1. The predicted octanol–water partition coefficient (Wildman–Crippen LogP) is 3.30. The zero-order chi connectivity index (χ0) is 16.1. The molecule has 4 nitrogen and oxygen atoms in total. The molecule has 2 aromatic rings. The van der Waals surface area contributed by atoms with Gasteiger partial charge in [0.05, 0.1) is 6.61 Å². The monoisotopic (exact) mass is 310 g/mol. The van der Waals surface area contributed by atoms with Gasteiger partial charge in [-0.05, 0) is 55.3 Å². The first kappa shape index (κ1) is 15.6. The molecule has 1 amide bonds. The summed E-state index contributed by atoms with van der Waals surface area (Å²) < 4.78 is 5.40. The Labute approximate surface area is 136 Å². The molecule has 120 valence electrons. The molecule has 0 radical (unpaired) electrons. The molecule has 1 aliphatic rings. The summed E-state index contributed by atoms with van der Waals surface area (Å²) in [5, 5.41) is 6.39.